The third-order valence-corrected chi connectivity index (χ3v) is 4.15. The van der Waals surface area contributed by atoms with Crippen LogP contribution in [0.4, 0.5) is 0 Å². The topological polar surface area (TPSA) is 76.5 Å². The summed E-state index contributed by atoms with van der Waals surface area (Å²) in [6, 6.07) is 0.181. The summed E-state index contributed by atoms with van der Waals surface area (Å²) >= 11 is 0. The number of carbonyl (C=O) groups is 1. The first-order valence-corrected chi connectivity index (χ1v) is 6.98. The lowest BCUT2D eigenvalue weighted by Crippen LogP contribution is -2.50. The minimum Gasteiger partial charge on any atom is -0.337 e. The zero-order valence-electron chi connectivity index (χ0n) is 11.6. The Kier molecular flexibility index (Phi) is 3.40. The van der Waals surface area contributed by atoms with Crippen LogP contribution in [0.2, 0.25) is 0 Å². The smallest absolute Gasteiger partial charge is 0.257 e. The number of likely N-dealkylation sites (N-methyl/N-ethyl adjacent to an activating group) is 1. The molecule has 0 saturated heterocycles. The highest BCUT2D eigenvalue weighted by Gasteiger charge is 2.29. The van der Waals surface area contributed by atoms with Crippen molar-refractivity contribution in [3.63, 3.8) is 0 Å². The van der Waals surface area contributed by atoms with E-state index >= 15 is 0 Å². The normalized spacial score (nSPS) is 22.9. The van der Waals surface area contributed by atoms with Crippen LogP contribution in [0.15, 0.2) is 24.8 Å². The summed E-state index contributed by atoms with van der Waals surface area (Å²) in [5.41, 5.74) is 7.47. The van der Waals surface area contributed by atoms with Crippen molar-refractivity contribution in [3.8, 4) is 0 Å². The fraction of sp³-hybridized carbons (Fsp3) is 0.500. The van der Waals surface area contributed by atoms with Gasteiger partial charge in [-0.25, -0.2) is 4.52 Å². The van der Waals surface area contributed by atoms with Gasteiger partial charge in [0.05, 0.1) is 23.5 Å². The number of aromatic nitrogens is 3. The molecule has 0 aliphatic heterocycles. The van der Waals surface area contributed by atoms with Crippen molar-refractivity contribution in [1.29, 1.82) is 0 Å². The summed E-state index contributed by atoms with van der Waals surface area (Å²) in [6.45, 7) is 0. The van der Waals surface area contributed by atoms with E-state index < -0.39 is 0 Å². The molecule has 1 saturated carbocycles. The Bertz CT molecular complexity index is 623. The van der Waals surface area contributed by atoms with Gasteiger partial charge in [0.2, 0.25) is 0 Å². The second-order valence-electron chi connectivity index (χ2n) is 5.40. The van der Waals surface area contributed by atoms with Crippen molar-refractivity contribution in [2.45, 2.75) is 37.8 Å². The molecule has 0 bridgehead atoms. The Balaban J connectivity index is 1.88. The van der Waals surface area contributed by atoms with E-state index in [1.54, 1.807) is 34.2 Å². The van der Waals surface area contributed by atoms with Crippen LogP contribution in [-0.2, 0) is 0 Å². The van der Waals surface area contributed by atoms with E-state index in [1.807, 2.05) is 7.05 Å². The fourth-order valence-corrected chi connectivity index (χ4v) is 2.96. The van der Waals surface area contributed by atoms with Gasteiger partial charge in [0, 0.05) is 31.5 Å². The summed E-state index contributed by atoms with van der Waals surface area (Å²) in [5.74, 6) is -0.0321. The summed E-state index contributed by atoms with van der Waals surface area (Å²) in [7, 11) is 1.83. The molecule has 2 N–H and O–H groups in total. The lowest BCUT2D eigenvalue weighted by Gasteiger charge is -2.35. The summed E-state index contributed by atoms with van der Waals surface area (Å²) < 4.78 is 1.66. The van der Waals surface area contributed by atoms with Crippen LogP contribution < -0.4 is 5.73 Å². The molecule has 3 rings (SSSR count). The zero-order chi connectivity index (χ0) is 14.1. The van der Waals surface area contributed by atoms with E-state index in [-0.39, 0.29) is 18.0 Å². The molecular weight excluding hydrogens is 254 g/mol. The quantitative estimate of drug-likeness (QED) is 0.888. The number of hydrogen-bond donors (Lipinski definition) is 1. The fourth-order valence-electron chi connectivity index (χ4n) is 2.96. The second kappa shape index (κ2) is 5.20. The zero-order valence-corrected chi connectivity index (χ0v) is 11.6. The molecule has 2 aromatic heterocycles. The Labute approximate surface area is 117 Å². The molecule has 0 aromatic carbocycles. The monoisotopic (exact) mass is 273 g/mol. The van der Waals surface area contributed by atoms with Crippen LogP contribution in [0.3, 0.4) is 0 Å². The van der Waals surface area contributed by atoms with Gasteiger partial charge in [-0.1, -0.05) is 12.8 Å². The Hall–Kier alpha value is -1.95. The molecule has 0 radical (unpaired) electrons. The summed E-state index contributed by atoms with van der Waals surface area (Å²) in [6.07, 6.45) is 10.9. The maximum atomic E-state index is 12.7. The van der Waals surface area contributed by atoms with Crippen molar-refractivity contribution in [2.24, 2.45) is 5.73 Å². The van der Waals surface area contributed by atoms with Crippen LogP contribution in [0.1, 0.15) is 36.0 Å². The molecule has 2 atom stereocenters. The van der Waals surface area contributed by atoms with E-state index in [0.717, 1.165) is 31.2 Å². The van der Waals surface area contributed by atoms with Gasteiger partial charge in [0.15, 0.2) is 0 Å². The third kappa shape index (κ3) is 2.16. The van der Waals surface area contributed by atoms with E-state index in [9.17, 15) is 4.79 Å². The number of nitrogens with zero attached hydrogens (tertiary/aromatic N) is 4. The van der Waals surface area contributed by atoms with Gasteiger partial charge < -0.3 is 10.6 Å². The van der Waals surface area contributed by atoms with Crippen LogP contribution in [0, 0.1) is 0 Å². The second-order valence-corrected chi connectivity index (χ2v) is 5.40. The molecule has 6 nitrogen and oxygen atoms in total. The van der Waals surface area contributed by atoms with Crippen LogP contribution >= 0.6 is 0 Å². The van der Waals surface area contributed by atoms with Crippen LogP contribution in [-0.4, -0.2) is 44.5 Å². The average Bonchev–Trinajstić information content (AvgIpc) is 2.90. The first-order chi connectivity index (χ1) is 9.68. The Morgan fingerprint density at radius 3 is 3.00 bits per heavy atom. The molecule has 2 aromatic rings. The number of amides is 1. The van der Waals surface area contributed by atoms with Crippen molar-refractivity contribution < 1.29 is 4.79 Å². The van der Waals surface area contributed by atoms with E-state index in [1.165, 1.54) is 0 Å². The van der Waals surface area contributed by atoms with Gasteiger partial charge >= 0.3 is 0 Å². The van der Waals surface area contributed by atoms with Crippen molar-refractivity contribution >= 4 is 11.4 Å². The van der Waals surface area contributed by atoms with E-state index in [4.69, 9.17) is 5.73 Å². The highest BCUT2D eigenvalue weighted by Crippen LogP contribution is 2.23. The highest BCUT2D eigenvalue weighted by molar-refractivity contribution is 6.00. The molecular formula is C14H19N5O. The third-order valence-electron chi connectivity index (χ3n) is 4.15. The van der Waals surface area contributed by atoms with Gasteiger partial charge in [-0.05, 0) is 12.8 Å². The van der Waals surface area contributed by atoms with Gasteiger partial charge in [-0.3, -0.25) is 9.78 Å². The molecule has 0 spiro atoms. The van der Waals surface area contributed by atoms with Gasteiger partial charge in [0.1, 0.15) is 0 Å². The molecule has 2 unspecified atom stereocenters. The van der Waals surface area contributed by atoms with E-state index in [0.29, 0.717) is 5.56 Å². The lowest BCUT2D eigenvalue weighted by molar-refractivity contribution is 0.0674. The van der Waals surface area contributed by atoms with Crippen LogP contribution in [0.25, 0.3) is 5.52 Å². The Morgan fingerprint density at radius 2 is 2.20 bits per heavy atom. The molecule has 2 heterocycles. The van der Waals surface area contributed by atoms with Gasteiger partial charge in [-0.15, -0.1) is 0 Å². The Morgan fingerprint density at radius 1 is 1.40 bits per heavy atom. The molecule has 106 valence electrons. The van der Waals surface area contributed by atoms with E-state index in [2.05, 4.69) is 10.1 Å². The lowest BCUT2D eigenvalue weighted by atomic mass is 9.90. The minimum atomic E-state index is -0.0321. The summed E-state index contributed by atoms with van der Waals surface area (Å²) in [5, 5.41) is 4.18. The van der Waals surface area contributed by atoms with Gasteiger partial charge in [0.25, 0.3) is 5.91 Å². The molecule has 6 heteroatoms. The standard InChI is InChI=1S/C14H19N5O/c1-18(12-5-3-2-4-11(12)15)14(20)10-8-17-19-7-6-16-9-13(10)19/h6-9,11-12H,2-5,15H2,1H3. The maximum absolute atomic E-state index is 12.7. The molecule has 1 aliphatic carbocycles. The van der Waals surface area contributed by atoms with Gasteiger partial charge in [-0.2, -0.15) is 5.10 Å². The number of rotatable bonds is 2. The number of nitrogens with two attached hydrogens (primary N) is 1. The number of carbonyl (C=O) groups excluding carboxylic acids is 1. The maximum Gasteiger partial charge on any atom is 0.257 e. The first-order valence-electron chi connectivity index (χ1n) is 6.98. The average molecular weight is 273 g/mol. The largest absolute Gasteiger partial charge is 0.337 e. The van der Waals surface area contributed by atoms with Crippen molar-refractivity contribution in [1.82, 2.24) is 19.5 Å². The number of fused-ring (bicyclic) bond motifs is 1. The first kappa shape index (κ1) is 13.1. The predicted octanol–water partition coefficient (Wildman–Crippen LogP) is 1.07. The van der Waals surface area contributed by atoms with Crippen molar-refractivity contribution in [3.05, 3.63) is 30.4 Å². The van der Waals surface area contributed by atoms with Crippen molar-refractivity contribution in [2.75, 3.05) is 7.05 Å². The molecule has 1 amide bonds. The molecule has 1 aliphatic rings. The minimum absolute atomic E-state index is 0.0321. The molecule has 20 heavy (non-hydrogen) atoms. The number of hydrogen-bond acceptors (Lipinski definition) is 4. The highest BCUT2D eigenvalue weighted by atomic mass is 16.2. The SMILES string of the molecule is CN(C(=O)c1cnn2ccncc12)C1CCCCC1N. The predicted molar refractivity (Wildman–Crippen MR) is 75.3 cm³/mol. The summed E-state index contributed by atoms with van der Waals surface area (Å²) in [4.78, 5) is 18.5. The molecule has 1 fully saturated rings. The van der Waals surface area contributed by atoms with Crippen LogP contribution in [0.5, 0.6) is 0 Å².